The van der Waals surface area contributed by atoms with Gasteiger partial charge in [-0.1, -0.05) is 46.4 Å². The zero-order chi connectivity index (χ0) is 11.4. The van der Waals surface area contributed by atoms with E-state index in [1.165, 1.54) is 11.8 Å². The highest BCUT2D eigenvalue weighted by atomic mass is 35.5. The fourth-order valence-electron chi connectivity index (χ4n) is 0.794. The highest BCUT2D eigenvalue weighted by Crippen LogP contribution is 2.40. The number of aromatic nitrogens is 1. The van der Waals surface area contributed by atoms with Crippen molar-refractivity contribution in [3.63, 3.8) is 0 Å². The Morgan fingerprint density at radius 1 is 1.13 bits per heavy atom. The van der Waals surface area contributed by atoms with Crippen molar-refractivity contribution in [3.05, 3.63) is 20.4 Å². The lowest BCUT2D eigenvalue weighted by Gasteiger charge is -2.07. The third kappa shape index (κ3) is 3.30. The van der Waals surface area contributed by atoms with Gasteiger partial charge < -0.3 is 0 Å². The van der Waals surface area contributed by atoms with Crippen LogP contribution in [0.2, 0.25) is 20.4 Å². The van der Waals surface area contributed by atoms with Gasteiger partial charge in [-0.05, 0) is 0 Å². The fourth-order valence-corrected chi connectivity index (χ4v) is 2.80. The van der Waals surface area contributed by atoms with Gasteiger partial charge in [0, 0.05) is 12.2 Å². The van der Waals surface area contributed by atoms with Crippen molar-refractivity contribution in [3.8, 4) is 6.07 Å². The highest BCUT2D eigenvalue weighted by molar-refractivity contribution is 7.99. The highest BCUT2D eigenvalue weighted by Gasteiger charge is 2.15. The third-order valence-electron chi connectivity index (χ3n) is 1.42. The number of rotatable bonds is 3. The van der Waals surface area contributed by atoms with E-state index < -0.39 is 0 Å². The molecule has 80 valence electrons. The number of hydrogen-bond acceptors (Lipinski definition) is 3. The minimum Gasteiger partial charge on any atom is -0.221 e. The van der Waals surface area contributed by atoms with Gasteiger partial charge in [0.1, 0.15) is 0 Å². The predicted molar refractivity (Wildman–Crippen MR) is 65.2 cm³/mol. The van der Waals surface area contributed by atoms with Crippen LogP contribution in [0.3, 0.4) is 0 Å². The summed E-state index contributed by atoms with van der Waals surface area (Å²) in [6, 6.07) is 2.02. The molecule has 15 heavy (non-hydrogen) atoms. The molecule has 1 aromatic rings. The summed E-state index contributed by atoms with van der Waals surface area (Å²) in [4.78, 5) is 4.32. The zero-order valence-corrected chi connectivity index (χ0v) is 11.1. The summed E-state index contributed by atoms with van der Waals surface area (Å²) >= 11 is 24.6. The monoisotopic (exact) mass is 300 g/mol. The second kappa shape index (κ2) is 6.03. The van der Waals surface area contributed by atoms with Crippen LogP contribution in [-0.4, -0.2) is 10.7 Å². The molecule has 0 aliphatic rings. The molecule has 2 nitrogen and oxygen atoms in total. The van der Waals surface area contributed by atoms with Crippen LogP contribution >= 0.6 is 58.2 Å². The van der Waals surface area contributed by atoms with Gasteiger partial charge >= 0.3 is 0 Å². The van der Waals surface area contributed by atoms with E-state index in [9.17, 15) is 0 Å². The Morgan fingerprint density at radius 3 is 2.13 bits per heavy atom. The maximum Gasteiger partial charge on any atom is 0.150 e. The summed E-state index contributed by atoms with van der Waals surface area (Å²) < 4.78 is 0. The van der Waals surface area contributed by atoms with Crippen molar-refractivity contribution < 1.29 is 0 Å². The minimum absolute atomic E-state index is 0.116. The van der Waals surface area contributed by atoms with E-state index in [2.05, 4.69) is 4.98 Å². The normalized spacial score (nSPS) is 10.1. The topological polar surface area (TPSA) is 36.7 Å². The van der Waals surface area contributed by atoms with Gasteiger partial charge in [0.25, 0.3) is 0 Å². The number of hydrogen-bond donors (Lipinski definition) is 0. The summed E-state index contributed by atoms with van der Waals surface area (Å²) in [5.74, 6) is 0.576. The number of nitrogens with zero attached hydrogens (tertiary/aromatic N) is 2. The van der Waals surface area contributed by atoms with Gasteiger partial charge in [0.2, 0.25) is 0 Å². The lowest BCUT2D eigenvalue weighted by molar-refractivity contribution is 1.22. The summed E-state index contributed by atoms with van der Waals surface area (Å²) in [5.41, 5.74) is 0. The number of pyridine rings is 1. The first-order chi connectivity index (χ1) is 7.07. The molecule has 0 saturated heterocycles. The number of thioether (sulfide) groups is 1. The summed E-state index contributed by atoms with van der Waals surface area (Å²) in [6.45, 7) is 0. The molecule has 0 bridgehead atoms. The van der Waals surface area contributed by atoms with Gasteiger partial charge in [-0.25, -0.2) is 4.98 Å². The molecule has 1 rings (SSSR count). The van der Waals surface area contributed by atoms with Crippen LogP contribution < -0.4 is 0 Å². The predicted octanol–water partition coefficient (Wildman–Crippen LogP) is 4.70. The van der Waals surface area contributed by atoms with Gasteiger partial charge in [-0.2, -0.15) is 5.26 Å². The van der Waals surface area contributed by atoms with E-state index >= 15 is 0 Å². The lowest BCUT2D eigenvalue weighted by atomic mass is 10.5. The van der Waals surface area contributed by atoms with Crippen LogP contribution in [0.1, 0.15) is 6.42 Å². The van der Waals surface area contributed by atoms with Crippen molar-refractivity contribution >= 4 is 58.2 Å². The lowest BCUT2D eigenvalue weighted by Crippen LogP contribution is -1.87. The zero-order valence-electron chi connectivity index (χ0n) is 7.23. The number of halogens is 4. The van der Waals surface area contributed by atoms with Crippen LogP contribution in [0.15, 0.2) is 4.90 Å². The summed E-state index contributed by atoms with van der Waals surface area (Å²) in [5, 5.41) is 9.18. The largest absolute Gasteiger partial charge is 0.221 e. The van der Waals surface area contributed by atoms with Crippen molar-refractivity contribution in [2.45, 2.75) is 11.3 Å². The van der Waals surface area contributed by atoms with Crippen LogP contribution in [0, 0.1) is 11.3 Å². The molecular formula is C8H4Cl4N2S. The molecule has 0 aliphatic heterocycles. The molecule has 1 heterocycles. The Bertz CT molecular complexity index is 390. The maximum absolute atomic E-state index is 8.40. The smallest absolute Gasteiger partial charge is 0.150 e. The van der Waals surface area contributed by atoms with Crippen molar-refractivity contribution in [1.82, 2.24) is 4.98 Å². The molecule has 0 N–H and O–H groups in total. The third-order valence-corrected chi connectivity index (χ3v) is 4.22. The average molecular weight is 302 g/mol. The Hall–Kier alpha value is 0.150. The second-order valence-electron chi connectivity index (χ2n) is 2.41. The Kier molecular flexibility index (Phi) is 5.31. The van der Waals surface area contributed by atoms with Crippen molar-refractivity contribution in [2.24, 2.45) is 0 Å². The molecule has 0 radical (unpaired) electrons. The molecule has 0 saturated carbocycles. The molecule has 0 aliphatic carbocycles. The SMILES string of the molecule is N#CCCSc1c(Cl)c(Cl)nc(Cl)c1Cl. The van der Waals surface area contributed by atoms with Gasteiger partial charge in [0.05, 0.1) is 21.0 Å². The van der Waals surface area contributed by atoms with Crippen molar-refractivity contribution in [1.29, 1.82) is 5.26 Å². The fraction of sp³-hybridized carbons (Fsp3) is 0.250. The first kappa shape index (κ1) is 13.2. The first-order valence-corrected chi connectivity index (χ1v) is 6.27. The van der Waals surface area contributed by atoms with Crippen LogP contribution in [0.25, 0.3) is 0 Å². The molecule has 0 atom stereocenters. The maximum atomic E-state index is 8.40. The molecule has 0 fully saturated rings. The van der Waals surface area contributed by atoms with Crippen molar-refractivity contribution in [2.75, 3.05) is 5.75 Å². The first-order valence-electron chi connectivity index (χ1n) is 3.77. The molecular weight excluding hydrogens is 298 g/mol. The molecule has 7 heteroatoms. The minimum atomic E-state index is 0.116. The van der Waals surface area contributed by atoms with Gasteiger partial charge in [0.15, 0.2) is 10.3 Å². The van der Waals surface area contributed by atoms with Gasteiger partial charge in [-0.15, -0.1) is 11.8 Å². The number of nitriles is 1. The quantitative estimate of drug-likeness (QED) is 0.461. The molecule has 0 unspecified atom stereocenters. The van der Waals surface area contributed by atoms with Gasteiger partial charge in [-0.3, -0.25) is 0 Å². The Morgan fingerprint density at radius 2 is 1.67 bits per heavy atom. The standard InChI is InChI=1S/C8H4Cl4N2S/c9-4-6(15-3-1-2-13)5(10)8(12)14-7(4)11/h1,3H2. The molecule has 0 aromatic carbocycles. The van der Waals surface area contributed by atoms with Crippen LogP contribution in [-0.2, 0) is 0 Å². The molecule has 0 spiro atoms. The Labute approximate surface area is 111 Å². The van der Waals surface area contributed by atoms with E-state index in [1.54, 1.807) is 0 Å². The van der Waals surface area contributed by atoms with E-state index in [-0.39, 0.29) is 20.4 Å². The van der Waals surface area contributed by atoms with E-state index in [4.69, 9.17) is 51.7 Å². The average Bonchev–Trinajstić information content (AvgIpc) is 2.20. The van der Waals surface area contributed by atoms with Crippen LogP contribution in [0.4, 0.5) is 0 Å². The molecule has 1 aromatic heterocycles. The summed E-state index contributed by atoms with van der Waals surface area (Å²) in [6.07, 6.45) is 0.398. The summed E-state index contributed by atoms with van der Waals surface area (Å²) in [7, 11) is 0. The van der Waals surface area contributed by atoms with E-state index in [0.717, 1.165) is 0 Å². The van der Waals surface area contributed by atoms with Crippen LogP contribution in [0.5, 0.6) is 0 Å². The van der Waals surface area contributed by atoms with E-state index in [1.807, 2.05) is 6.07 Å². The molecule has 0 amide bonds. The van der Waals surface area contributed by atoms with E-state index in [0.29, 0.717) is 17.1 Å². The second-order valence-corrected chi connectivity index (χ2v) is 4.98. The Balaban J connectivity index is 3.00.